The Balaban J connectivity index is 1.20. The molecule has 0 bridgehead atoms. The van der Waals surface area contributed by atoms with Crippen molar-refractivity contribution in [3.8, 4) is 5.75 Å². The molecule has 2 aromatic carbocycles. The van der Waals surface area contributed by atoms with Crippen molar-refractivity contribution in [2.45, 2.75) is 38.7 Å². The quantitative estimate of drug-likeness (QED) is 0.866. The fraction of sp³-hybridized carbons (Fsp3) is 0.409. The Labute approximate surface area is 155 Å². The van der Waals surface area contributed by atoms with Crippen LogP contribution in [0.4, 0.5) is 5.69 Å². The van der Waals surface area contributed by atoms with Crippen LogP contribution >= 0.6 is 0 Å². The third kappa shape index (κ3) is 4.07. The number of rotatable bonds is 6. The van der Waals surface area contributed by atoms with Gasteiger partial charge in [0.2, 0.25) is 5.91 Å². The normalized spacial score (nSPS) is 17.3. The minimum absolute atomic E-state index is 0.103. The highest BCUT2D eigenvalue weighted by Crippen LogP contribution is 2.28. The third-order valence-corrected chi connectivity index (χ3v) is 5.22. The summed E-state index contributed by atoms with van der Waals surface area (Å²) in [6, 6.07) is 14.8. The third-order valence-electron chi connectivity index (χ3n) is 5.22. The highest BCUT2D eigenvalue weighted by atomic mass is 16.5. The van der Waals surface area contributed by atoms with Gasteiger partial charge < -0.3 is 10.1 Å². The van der Waals surface area contributed by atoms with Crippen molar-refractivity contribution in [1.82, 2.24) is 4.90 Å². The van der Waals surface area contributed by atoms with E-state index >= 15 is 0 Å². The van der Waals surface area contributed by atoms with Crippen LogP contribution in [0.2, 0.25) is 0 Å². The molecule has 2 aliphatic rings. The minimum atomic E-state index is 0.103. The van der Waals surface area contributed by atoms with Crippen LogP contribution in [0.1, 0.15) is 29.5 Å². The molecular weight excluding hydrogens is 324 g/mol. The second-order valence-corrected chi connectivity index (χ2v) is 7.46. The van der Waals surface area contributed by atoms with Gasteiger partial charge in [0.15, 0.2) is 0 Å². The fourth-order valence-corrected chi connectivity index (χ4v) is 3.78. The Morgan fingerprint density at radius 3 is 2.88 bits per heavy atom. The monoisotopic (exact) mass is 350 g/mol. The largest absolute Gasteiger partial charge is 0.488 e. The number of ether oxygens (including phenoxy) is 1. The number of anilines is 1. The molecule has 0 saturated carbocycles. The molecule has 1 N–H and O–H groups in total. The standard InChI is InChI=1S/C22H26N2O2/c1-16-4-2-5-17(12-16)6-3-11-24-14-20(15-24)26-19-8-9-21-18(13-19)7-10-22(25)23-21/h2,4-5,8-9,12-13,20H,3,6-7,10-11,14-15H2,1H3,(H,23,25). The van der Waals surface area contributed by atoms with Crippen molar-refractivity contribution >= 4 is 11.6 Å². The molecule has 0 aromatic heterocycles. The molecule has 0 aliphatic carbocycles. The van der Waals surface area contributed by atoms with Gasteiger partial charge in [-0.1, -0.05) is 29.8 Å². The molecule has 26 heavy (non-hydrogen) atoms. The number of hydrogen-bond acceptors (Lipinski definition) is 3. The van der Waals surface area contributed by atoms with Gasteiger partial charge in [-0.3, -0.25) is 9.69 Å². The molecule has 1 saturated heterocycles. The molecule has 136 valence electrons. The van der Waals surface area contributed by atoms with E-state index in [1.54, 1.807) is 0 Å². The van der Waals surface area contributed by atoms with E-state index in [0.29, 0.717) is 6.42 Å². The first-order valence-electron chi connectivity index (χ1n) is 9.53. The van der Waals surface area contributed by atoms with E-state index in [4.69, 9.17) is 4.74 Å². The summed E-state index contributed by atoms with van der Waals surface area (Å²) in [7, 11) is 0. The van der Waals surface area contributed by atoms with Gasteiger partial charge >= 0.3 is 0 Å². The Morgan fingerprint density at radius 1 is 1.15 bits per heavy atom. The molecule has 4 heteroatoms. The lowest BCUT2D eigenvalue weighted by Crippen LogP contribution is -2.53. The number of carbonyl (C=O) groups excluding carboxylic acids is 1. The second-order valence-electron chi connectivity index (χ2n) is 7.46. The first kappa shape index (κ1) is 17.1. The van der Waals surface area contributed by atoms with Crippen LogP contribution in [0.25, 0.3) is 0 Å². The van der Waals surface area contributed by atoms with Crippen LogP contribution in [-0.4, -0.2) is 36.5 Å². The molecule has 0 atom stereocenters. The Hall–Kier alpha value is -2.33. The number of fused-ring (bicyclic) bond motifs is 1. The van der Waals surface area contributed by atoms with Crippen molar-refractivity contribution in [2.24, 2.45) is 0 Å². The van der Waals surface area contributed by atoms with E-state index in [1.165, 1.54) is 23.1 Å². The Morgan fingerprint density at radius 2 is 2.04 bits per heavy atom. The summed E-state index contributed by atoms with van der Waals surface area (Å²) in [5.41, 5.74) is 4.88. The number of carbonyl (C=O) groups is 1. The Kier molecular flexibility index (Phi) is 4.93. The lowest BCUT2D eigenvalue weighted by Gasteiger charge is -2.39. The van der Waals surface area contributed by atoms with Gasteiger partial charge in [-0.2, -0.15) is 0 Å². The number of amides is 1. The minimum Gasteiger partial charge on any atom is -0.488 e. The average molecular weight is 350 g/mol. The zero-order chi connectivity index (χ0) is 17.9. The Bertz CT molecular complexity index is 796. The van der Waals surface area contributed by atoms with E-state index in [9.17, 15) is 4.79 Å². The summed E-state index contributed by atoms with van der Waals surface area (Å²) in [5.74, 6) is 1.02. The number of aryl methyl sites for hydroxylation is 3. The zero-order valence-corrected chi connectivity index (χ0v) is 15.3. The molecular formula is C22H26N2O2. The van der Waals surface area contributed by atoms with Gasteiger partial charge in [0, 0.05) is 25.2 Å². The smallest absolute Gasteiger partial charge is 0.224 e. The molecule has 0 unspecified atom stereocenters. The molecule has 0 radical (unpaired) electrons. The maximum absolute atomic E-state index is 11.4. The van der Waals surface area contributed by atoms with Gasteiger partial charge in [0.05, 0.1) is 0 Å². The highest BCUT2D eigenvalue weighted by Gasteiger charge is 2.28. The van der Waals surface area contributed by atoms with Gasteiger partial charge in [0.25, 0.3) is 0 Å². The van der Waals surface area contributed by atoms with E-state index in [-0.39, 0.29) is 12.0 Å². The van der Waals surface area contributed by atoms with Gasteiger partial charge in [-0.25, -0.2) is 0 Å². The number of nitrogens with zero attached hydrogens (tertiary/aromatic N) is 1. The molecule has 2 aliphatic heterocycles. The predicted octanol–water partition coefficient (Wildman–Crippen LogP) is 3.58. The maximum atomic E-state index is 11.4. The summed E-state index contributed by atoms with van der Waals surface area (Å²) in [6.45, 7) is 5.28. The number of hydrogen-bond donors (Lipinski definition) is 1. The molecule has 0 spiro atoms. The van der Waals surface area contributed by atoms with Crippen LogP contribution in [0.3, 0.4) is 0 Å². The molecule has 1 amide bonds. The van der Waals surface area contributed by atoms with Gasteiger partial charge in [-0.05, 0) is 62.1 Å². The number of nitrogens with one attached hydrogen (secondary N) is 1. The predicted molar refractivity (Wildman–Crippen MR) is 104 cm³/mol. The van der Waals surface area contributed by atoms with Crippen LogP contribution in [0, 0.1) is 6.92 Å². The van der Waals surface area contributed by atoms with E-state index in [1.807, 2.05) is 12.1 Å². The molecule has 2 heterocycles. The van der Waals surface area contributed by atoms with Gasteiger partial charge in [0.1, 0.15) is 11.9 Å². The molecule has 4 nitrogen and oxygen atoms in total. The summed E-state index contributed by atoms with van der Waals surface area (Å²) >= 11 is 0. The van der Waals surface area contributed by atoms with E-state index < -0.39 is 0 Å². The highest BCUT2D eigenvalue weighted by molar-refractivity contribution is 5.93. The summed E-state index contributed by atoms with van der Waals surface area (Å²) < 4.78 is 6.10. The lowest BCUT2D eigenvalue weighted by atomic mass is 10.0. The van der Waals surface area contributed by atoms with Crippen LogP contribution in [0.15, 0.2) is 42.5 Å². The van der Waals surface area contributed by atoms with Crippen molar-refractivity contribution in [1.29, 1.82) is 0 Å². The zero-order valence-electron chi connectivity index (χ0n) is 15.3. The molecule has 4 rings (SSSR count). The lowest BCUT2D eigenvalue weighted by molar-refractivity contribution is -0.116. The van der Waals surface area contributed by atoms with Crippen LogP contribution < -0.4 is 10.1 Å². The van der Waals surface area contributed by atoms with E-state index in [0.717, 1.165) is 43.9 Å². The number of likely N-dealkylation sites (tertiary alicyclic amines) is 1. The SMILES string of the molecule is Cc1cccc(CCCN2CC(Oc3ccc4c(c3)CCC(=O)N4)C2)c1. The van der Waals surface area contributed by atoms with Crippen LogP contribution in [0.5, 0.6) is 5.75 Å². The van der Waals surface area contributed by atoms with Gasteiger partial charge in [-0.15, -0.1) is 0 Å². The number of benzene rings is 2. The van der Waals surface area contributed by atoms with E-state index in [2.05, 4.69) is 47.5 Å². The van der Waals surface area contributed by atoms with Crippen molar-refractivity contribution in [2.75, 3.05) is 25.0 Å². The summed E-state index contributed by atoms with van der Waals surface area (Å²) in [4.78, 5) is 13.9. The maximum Gasteiger partial charge on any atom is 0.224 e. The van der Waals surface area contributed by atoms with Crippen LogP contribution in [-0.2, 0) is 17.6 Å². The fourth-order valence-electron chi connectivity index (χ4n) is 3.78. The molecule has 1 fully saturated rings. The summed E-state index contributed by atoms with van der Waals surface area (Å²) in [5, 5.41) is 2.91. The first-order valence-corrected chi connectivity index (χ1v) is 9.53. The summed E-state index contributed by atoms with van der Waals surface area (Å²) in [6.07, 6.45) is 3.97. The van der Waals surface area contributed by atoms with Crippen molar-refractivity contribution in [3.63, 3.8) is 0 Å². The topological polar surface area (TPSA) is 41.6 Å². The molecule has 2 aromatic rings. The average Bonchev–Trinajstić information content (AvgIpc) is 2.59. The van der Waals surface area contributed by atoms with Crippen molar-refractivity contribution in [3.05, 3.63) is 59.2 Å². The van der Waals surface area contributed by atoms with Crippen molar-refractivity contribution < 1.29 is 9.53 Å². The first-order chi connectivity index (χ1) is 12.7. The second kappa shape index (κ2) is 7.50.